The lowest BCUT2D eigenvalue weighted by Gasteiger charge is -2.26. The lowest BCUT2D eigenvalue weighted by atomic mass is 9.79. The smallest absolute Gasteiger partial charge is 0.137 e. The second-order valence-electron chi connectivity index (χ2n) is 7.05. The first-order valence-electron chi connectivity index (χ1n) is 8.43. The maximum absolute atomic E-state index is 9.40. The number of nitrogens with zero attached hydrogens (tertiary/aromatic N) is 3. The largest absolute Gasteiger partial charge is 0.508 e. The van der Waals surface area contributed by atoms with E-state index in [0.29, 0.717) is 11.2 Å². The Morgan fingerprint density at radius 2 is 1.73 bits per heavy atom. The van der Waals surface area contributed by atoms with Crippen molar-refractivity contribution in [2.75, 3.05) is 0 Å². The molecule has 0 unspecified atom stereocenters. The van der Waals surface area contributed by atoms with Gasteiger partial charge in [0, 0.05) is 19.4 Å². The average Bonchev–Trinajstić information content (AvgIpc) is 2.93. The highest BCUT2D eigenvalue weighted by Gasteiger charge is 2.39. The summed E-state index contributed by atoms with van der Waals surface area (Å²) in [5.74, 6) is 2.56. The number of hydrogen-bond donors (Lipinski definition) is 1. The molecule has 1 aliphatic carbocycles. The van der Waals surface area contributed by atoms with Gasteiger partial charge in [-0.1, -0.05) is 37.8 Å². The van der Waals surface area contributed by atoms with Crippen LogP contribution in [0.2, 0.25) is 0 Å². The van der Waals surface area contributed by atoms with Crippen LogP contribution in [0.4, 0.5) is 0 Å². The topological polar surface area (TPSA) is 50.9 Å². The van der Waals surface area contributed by atoms with Gasteiger partial charge in [0.15, 0.2) is 0 Å². The summed E-state index contributed by atoms with van der Waals surface area (Å²) >= 11 is 0. The van der Waals surface area contributed by atoms with Crippen molar-refractivity contribution in [3.05, 3.63) is 41.5 Å². The van der Waals surface area contributed by atoms with Crippen LogP contribution in [-0.4, -0.2) is 19.9 Å². The molecule has 0 amide bonds. The van der Waals surface area contributed by atoms with E-state index in [2.05, 4.69) is 14.8 Å². The summed E-state index contributed by atoms with van der Waals surface area (Å²) in [6, 6.07) is 7.41. The van der Waals surface area contributed by atoms with Crippen LogP contribution >= 0.6 is 0 Å². The zero-order valence-corrected chi connectivity index (χ0v) is 13.0. The van der Waals surface area contributed by atoms with Gasteiger partial charge in [0.25, 0.3) is 0 Å². The van der Waals surface area contributed by atoms with Crippen molar-refractivity contribution in [1.82, 2.24) is 14.8 Å². The lowest BCUT2D eigenvalue weighted by Crippen LogP contribution is -2.22. The molecular weight excluding hydrogens is 274 g/mol. The average molecular weight is 297 g/mol. The first-order chi connectivity index (χ1) is 10.7. The first kappa shape index (κ1) is 13.8. The zero-order chi connectivity index (χ0) is 15.0. The van der Waals surface area contributed by atoms with Crippen molar-refractivity contribution in [1.29, 1.82) is 0 Å². The maximum atomic E-state index is 9.40. The van der Waals surface area contributed by atoms with Crippen molar-refractivity contribution in [3.63, 3.8) is 0 Å². The van der Waals surface area contributed by atoms with Crippen LogP contribution in [0.25, 0.3) is 0 Å². The molecule has 2 aromatic rings. The molecule has 0 saturated heterocycles. The first-order valence-corrected chi connectivity index (χ1v) is 8.43. The molecular formula is C18H23N3O. The summed E-state index contributed by atoms with van der Waals surface area (Å²) in [6.45, 7) is 1.10. The molecule has 0 bridgehead atoms. The Labute approximate surface area is 131 Å². The van der Waals surface area contributed by atoms with Crippen molar-refractivity contribution in [2.45, 2.75) is 57.9 Å². The van der Waals surface area contributed by atoms with E-state index in [1.807, 2.05) is 12.1 Å². The molecule has 4 rings (SSSR count). The Hall–Kier alpha value is -1.84. The molecule has 4 heteroatoms. The molecule has 1 aromatic heterocycles. The monoisotopic (exact) mass is 297 g/mol. The van der Waals surface area contributed by atoms with Crippen LogP contribution in [0.1, 0.15) is 55.7 Å². The number of phenols is 1. The van der Waals surface area contributed by atoms with Crippen LogP contribution < -0.4 is 0 Å². The molecule has 1 aliphatic heterocycles. The predicted octanol–water partition coefficient (Wildman–Crippen LogP) is 3.47. The second kappa shape index (κ2) is 5.41. The van der Waals surface area contributed by atoms with Gasteiger partial charge in [0.05, 0.1) is 0 Å². The summed E-state index contributed by atoms with van der Waals surface area (Å²) in [7, 11) is 0. The van der Waals surface area contributed by atoms with Gasteiger partial charge in [0.2, 0.25) is 0 Å². The van der Waals surface area contributed by atoms with Crippen molar-refractivity contribution < 1.29 is 5.11 Å². The lowest BCUT2D eigenvalue weighted by molar-refractivity contribution is 0.236. The van der Waals surface area contributed by atoms with E-state index in [0.717, 1.165) is 25.2 Å². The fourth-order valence-corrected chi connectivity index (χ4v) is 4.15. The molecule has 22 heavy (non-hydrogen) atoms. The summed E-state index contributed by atoms with van der Waals surface area (Å²) in [6.07, 6.45) is 10.1. The van der Waals surface area contributed by atoms with E-state index in [9.17, 15) is 5.11 Å². The molecule has 116 valence electrons. The Balaban J connectivity index is 1.55. The second-order valence-corrected chi connectivity index (χ2v) is 7.05. The predicted molar refractivity (Wildman–Crippen MR) is 84.8 cm³/mol. The Morgan fingerprint density at radius 3 is 2.45 bits per heavy atom. The minimum absolute atomic E-state index is 0.313. The van der Waals surface area contributed by atoms with Gasteiger partial charge in [-0.3, -0.25) is 0 Å². The Bertz CT molecular complexity index is 651. The molecule has 1 spiro atoms. The van der Waals surface area contributed by atoms with Gasteiger partial charge in [-0.2, -0.15) is 0 Å². The van der Waals surface area contributed by atoms with Crippen molar-refractivity contribution >= 4 is 0 Å². The van der Waals surface area contributed by atoms with Crippen LogP contribution in [-0.2, 0) is 19.4 Å². The number of hydrogen-bond acceptors (Lipinski definition) is 3. The highest BCUT2D eigenvalue weighted by Crippen LogP contribution is 2.43. The molecule has 2 aliphatic rings. The number of benzene rings is 1. The Morgan fingerprint density at radius 1 is 1.00 bits per heavy atom. The highest BCUT2D eigenvalue weighted by molar-refractivity contribution is 5.28. The zero-order valence-electron chi connectivity index (χ0n) is 13.0. The normalized spacial score (nSPS) is 20.0. The SMILES string of the molecule is Oc1ccc(Cc2nnc3n2CC2(CCCCCC2)C3)cc1. The van der Waals surface area contributed by atoms with Crippen LogP contribution in [0.3, 0.4) is 0 Å². The van der Waals surface area contributed by atoms with Gasteiger partial charge >= 0.3 is 0 Å². The molecule has 0 radical (unpaired) electrons. The van der Waals surface area contributed by atoms with Crippen LogP contribution in [0.5, 0.6) is 5.75 Å². The molecule has 2 heterocycles. The van der Waals surface area contributed by atoms with Gasteiger partial charge in [-0.25, -0.2) is 0 Å². The molecule has 1 aromatic carbocycles. The summed E-state index contributed by atoms with van der Waals surface area (Å²) in [5, 5.41) is 18.3. The van der Waals surface area contributed by atoms with E-state index in [4.69, 9.17) is 0 Å². The van der Waals surface area contributed by atoms with Crippen molar-refractivity contribution in [3.8, 4) is 5.75 Å². The van der Waals surface area contributed by atoms with E-state index in [1.54, 1.807) is 12.1 Å². The fraction of sp³-hybridized carbons (Fsp3) is 0.556. The minimum atomic E-state index is 0.313. The summed E-state index contributed by atoms with van der Waals surface area (Å²) in [4.78, 5) is 0. The van der Waals surface area contributed by atoms with Gasteiger partial charge < -0.3 is 9.67 Å². The standard InChI is InChI=1S/C18H23N3O/c22-15-7-5-14(6-8-15)11-16-19-20-17-12-18(13-21(16)17)9-3-1-2-4-10-18/h5-8,22H,1-4,9-13H2. The van der Waals surface area contributed by atoms with E-state index in [-0.39, 0.29) is 0 Å². The van der Waals surface area contributed by atoms with E-state index >= 15 is 0 Å². The van der Waals surface area contributed by atoms with Gasteiger partial charge in [-0.05, 0) is 36.0 Å². The molecule has 0 atom stereocenters. The highest BCUT2D eigenvalue weighted by atomic mass is 16.3. The molecule has 1 saturated carbocycles. The maximum Gasteiger partial charge on any atom is 0.137 e. The third-order valence-electron chi connectivity index (χ3n) is 5.39. The molecule has 1 fully saturated rings. The number of fused-ring (bicyclic) bond motifs is 1. The van der Waals surface area contributed by atoms with Gasteiger partial charge in [0.1, 0.15) is 17.4 Å². The minimum Gasteiger partial charge on any atom is -0.508 e. The summed E-state index contributed by atoms with van der Waals surface area (Å²) in [5.41, 5.74) is 1.63. The number of aromatic nitrogens is 3. The third-order valence-corrected chi connectivity index (χ3v) is 5.39. The molecule has 4 nitrogen and oxygen atoms in total. The number of rotatable bonds is 2. The van der Waals surface area contributed by atoms with Crippen LogP contribution in [0, 0.1) is 5.41 Å². The quantitative estimate of drug-likeness (QED) is 0.923. The Kier molecular flexibility index (Phi) is 3.40. The van der Waals surface area contributed by atoms with Crippen LogP contribution in [0.15, 0.2) is 24.3 Å². The number of phenolic OH excluding ortho intramolecular Hbond substituents is 1. The third kappa shape index (κ3) is 2.51. The van der Waals surface area contributed by atoms with Gasteiger partial charge in [-0.15, -0.1) is 10.2 Å². The summed E-state index contributed by atoms with van der Waals surface area (Å²) < 4.78 is 2.36. The van der Waals surface area contributed by atoms with Crippen molar-refractivity contribution in [2.24, 2.45) is 5.41 Å². The fourth-order valence-electron chi connectivity index (χ4n) is 4.15. The number of aromatic hydroxyl groups is 1. The van der Waals surface area contributed by atoms with E-state index < -0.39 is 0 Å². The van der Waals surface area contributed by atoms with E-state index in [1.165, 1.54) is 49.9 Å². The molecule has 1 N–H and O–H groups in total.